The minimum atomic E-state index is 0.258. The van der Waals surface area contributed by atoms with E-state index in [1.165, 1.54) is 12.8 Å². The van der Waals surface area contributed by atoms with Gasteiger partial charge in [-0.1, -0.05) is 27.2 Å². The molecular formula is C13H25NO. The lowest BCUT2D eigenvalue weighted by atomic mass is 9.70. The first kappa shape index (κ1) is 12.5. The van der Waals surface area contributed by atoms with Gasteiger partial charge in [0.25, 0.3) is 0 Å². The van der Waals surface area contributed by atoms with E-state index >= 15 is 0 Å². The molecule has 0 bridgehead atoms. The first-order chi connectivity index (χ1) is 7.06. The minimum absolute atomic E-state index is 0.258. The van der Waals surface area contributed by atoms with Crippen LogP contribution in [0.5, 0.6) is 0 Å². The van der Waals surface area contributed by atoms with Crippen LogP contribution in [0.15, 0.2) is 0 Å². The predicted molar refractivity (Wildman–Crippen MR) is 63.5 cm³/mol. The van der Waals surface area contributed by atoms with Crippen molar-refractivity contribution < 1.29 is 4.79 Å². The molecule has 0 heterocycles. The van der Waals surface area contributed by atoms with Gasteiger partial charge in [-0.2, -0.15) is 0 Å². The van der Waals surface area contributed by atoms with Crippen LogP contribution in [0.2, 0.25) is 0 Å². The quantitative estimate of drug-likeness (QED) is 0.764. The Morgan fingerprint density at radius 3 is 2.60 bits per heavy atom. The summed E-state index contributed by atoms with van der Waals surface area (Å²) in [5.41, 5.74) is 0. The monoisotopic (exact) mass is 211 g/mol. The lowest BCUT2D eigenvalue weighted by Gasteiger charge is -2.36. The highest BCUT2D eigenvalue weighted by atomic mass is 16.1. The summed E-state index contributed by atoms with van der Waals surface area (Å²) in [5, 5.41) is 2.98. The van der Waals surface area contributed by atoms with E-state index in [4.69, 9.17) is 0 Å². The number of carbonyl (C=O) groups excluding carboxylic acids is 1. The SMILES string of the molecule is CCNC(=O)[C@@H]1C[C@H](C)CC[C@@H]1C(C)C. The zero-order chi connectivity index (χ0) is 11.4. The van der Waals surface area contributed by atoms with E-state index in [9.17, 15) is 4.79 Å². The van der Waals surface area contributed by atoms with Gasteiger partial charge in [-0.15, -0.1) is 0 Å². The third-order valence-corrected chi connectivity index (χ3v) is 3.71. The van der Waals surface area contributed by atoms with Crippen LogP contribution in [0.1, 0.15) is 47.0 Å². The van der Waals surface area contributed by atoms with Crippen LogP contribution < -0.4 is 5.32 Å². The molecule has 0 unspecified atom stereocenters. The average Bonchev–Trinajstić information content (AvgIpc) is 2.17. The molecule has 1 aliphatic carbocycles. The number of hydrogen-bond donors (Lipinski definition) is 1. The Morgan fingerprint density at radius 1 is 1.40 bits per heavy atom. The Kier molecular flexibility index (Phi) is 4.62. The van der Waals surface area contributed by atoms with E-state index < -0.39 is 0 Å². The van der Waals surface area contributed by atoms with E-state index in [-0.39, 0.29) is 11.8 Å². The van der Waals surface area contributed by atoms with Crippen molar-refractivity contribution in [1.82, 2.24) is 5.32 Å². The van der Waals surface area contributed by atoms with Crippen molar-refractivity contribution in [1.29, 1.82) is 0 Å². The third-order valence-electron chi connectivity index (χ3n) is 3.71. The van der Waals surface area contributed by atoms with Gasteiger partial charge in [0.2, 0.25) is 5.91 Å². The van der Waals surface area contributed by atoms with Gasteiger partial charge in [0.15, 0.2) is 0 Å². The molecule has 0 spiro atoms. The predicted octanol–water partition coefficient (Wildman–Crippen LogP) is 2.83. The Bertz CT molecular complexity index is 213. The molecule has 0 radical (unpaired) electrons. The van der Waals surface area contributed by atoms with Gasteiger partial charge < -0.3 is 5.32 Å². The number of rotatable bonds is 3. The fourth-order valence-corrected chi connectivity index (χ4v) is 2.81. The van der Waals surface area contributed by atoms with E-state index in [0.29, 0.717) is 17.8 Å². The van der Waals surface area contributed by atoms with E-state index in [0.717, 1.165) is 13.0 Å². The summed E-state index contributed by atoms with van der Waals surface area (Å²) < 4.78 is 0. The largest absolute Gasteiger partial charge is 0.356 e. The summed E-state index contributed by atoms with van der Waals surface area (Å²) in [5.74, 6) is 2.47. The lowest BCUT2D eigenvalue weighted by Crippen LogP contribution is -2.40. The highest BCUT2D eigenvalue weighted by molar-refractivity contribution is 5.79. The van der Waals surface area contributed by atoms with Crippen molar-refractivity contribution in [3.8, 4) is 0 Å². The van der Waals surface area contributed by atoms with Crippen molar-refractivity contribution in [3.63, 3.8) is 0 Å². The molecule has 1 fully saturated rings. The van der Waals surface area contributed by atoms with Crippen LogP contribution in [-0.2, 0) is 4.79 Å². The van der Waals surface area contributed by atoms with E-state index in [1.54, 1.807) is 0 Å². The number of amides is 1. The summed E-state index contributed by atoms with van der Waals surface area (Å²) in [7, 11) is 0. The van der Waals surface area contributed by atoms with Gasteiger partial charge in [-0.25, -0.2) is 0 Å². The number of hydrogen-bond acceptors (Lipinski definition) is 1. The molecule has 3 atom stereocenters. The Morgan fingerprint density at radius 2 is 2.07 bits per heavy atom. The summed E-state index contributed by atoms with van der Waals surface area (Å²) in [4.78, 5) is 11.9. The normalized spacial score (nSPS) is 31.7. The Labute approximate surface area is 93.8 Å². The maximum absolute atomic E-state index is 11.9. The third kappa shape index (κ3) is 3.22. The summed E-state index contributed by atoms with van der Waals surface area (Å²) in [6.45, 7) is 9.51. The maximum atomic E-state index is 11.9. The van der Waals surface area contributed by atoms with Crippen LogP contribution in [-0.4, -0.2) is 12.5 Å². The minimum Gasteiger partial charge on any atom is -0.356 e. The molecule has 88 valence electrons. The molecule has 0 aromatic carbocycles. The number of carbonyl (C=O) groups is 1. The zero-order valence-electron chi connectivity index (χ0n) is 10.5. The van der Waals surface area contributed by atoms with E-state index in [1.807, 2.05) is 6.92 Å². The van der Waals surface area contributed by atoms with Gasteiger partial charge in [-0.3, -0.25) is 4.79 Å². The molecular weight excluding hydrogens is 186 g/mol. The fraction of sp³-hybridized carbons (Fsp3) is 0.923. The molecule has 2 heteroatoms. The molecule has 1 N–H and O–H groups in total. The van der Waals surface area contributed by atoms with E-state index in [2.05, 4.69) is 26.1 Å². The highest BCUT2D eigenvalue weighted by Crippen LogP contribution is 2.37. The molecule has 0 saturated heterocycles. The summed E-state index contributed by atoms with van der Waals surface area (Å²) in [6.07, 6.45) is 3.59. The second-order valence-electron chi connectivity index (χ2n) is 5.33. The first-order valence-corrected chi connectivity index (χ1v) is 6.34. The second-order valence-corrected chi connectivity index (χ2v) is 5.33. The lowest BCUT2D eigenvalue weighted by molar-refractivity contribution is -0.129. The first-order valence-electron chi connectivity index (χ1n) is 6.34. The van der Waals surface area contributed by atoms with Crippen molar-refractivity contribution in [3.05, 3.63) is 0 Å². The van der Waals surface area contributed by atoms with Crippen LogP contribution >= 0.6 is 0 Å². The van der Waals surface area contributed by atoms with Crippen LogP contribution in [0.3, 0.4) is 0 Å². The topological polar surface area (TPSA) is 29.1 Å². The molecule has 0 aromatic rings. The average molecular weight is 211 g/mol. The van der Waals surface area contributed by atoms with Crippen molar-refractivity contribution >= 4 is 5.91 Å². The van der Waals surface area contributed by atoms with Crippen molar-refractivity contribution in [2.24, 2.45) is 23.7 Å². The summed E-state index contributed by atoms with van der Waals surface area (Å²) >= 11 is 0. The highest BCUT2D eigenvalue weighted by Gasteiger charge is 2.34. The van der Waals surface area contributed by atoms with Crippen LogP contribution in [0.25, 0.3) is 0 Å². The zero-order valence-corrected chi connectivity index (χ0v) is 10.5. The Balaban J connectivity index is 2.65. The fourth-order valence-electron chi connectivity index (χ4n) is 2.81. The molecule has 1 rings (SSSR count). The standard InChI is InChI=1S/C13H25NO/c1-5-14-13(15)12-8-10(4)6-7-11(12)9(2)3/h9-12H,5-8H2,1-4H3,(H,14,15)/t10-,11-,12-/m1/s1. The molecule has 0 aliphatic heterocycles. The second kappa shape index (κ2) is 5.53. The number of nitrogens with one attached hydrogen (secondary N) is 1. The molecule has 0 aromatic heterocycles. The molecule has 1 aliphatic rings. The van der Waals surface area contributed by atoms with Crippen molar-refractivity contribution in [2.75, 3.05) is 6.54 Å². The van der Waals surface area contributed by atoms with Crippen molar-refractivity contribution in [2.45, 2.75) is 47.0 Å². The molecule has 1 saturated carbocycles. The van der Waals surface area contributed by atoms with Crippen LogP contribution in [0.4, 0.5) is 0 Å². The van der Waals surface area contributed by atoms with Gasteiger partial charge in [0.05, 0.1) is 0 Å². The maximum Gasteiger partial charge on any atom is 0.223 e. The molecule has 1 amide bonds. The van der Waals surface area contributed by atoms with Gasteiger partial charge >= 0.3 is 0 Å². The van der Waals surface area contributed by atoms with Crippen LogP contribution in [0, 0.1) is 23.7 Å². The smallest absolute Gasteiger partial charge is 0.223 e. The molecule has 2 nitrogen and oxygen atoms in total. The van der Waals surface area contributed by atoms with Gasteiger partial charge in [-0.05, 0) is 37.5 Å². The van der Waals surface area contributed by atoms with Gasteiger partial charge in [0, 0.05) is 12.5 Å². The van der Waals surface area contributed by atoms with Gasteiger partial charge in [0.1, 0.15) is 0 Å². The Hall–Kier alpha value is -0.530. The summed E-state index contributed by atoms with van der Waals surface area (Å²) in [6, 6.07) is 0. The molecule has 15 heavy (non-hydrogen) atoms.